The summed E-state index contributed by atoms with van der Waals surface area (Å²) in [5.74, 6) is 0.639. The van der Waals surface area contributed by atoms with Gasteiger partial charge >= 0.3 is 0 Å². The molecule has 134 valence electrons. The van der Waals surface area contributed by atoms with Gasteiger partial charge in [-0.3, -0.25) is 4.31 Å². The fraction of sp³-hybridized carbons (Fsp3) is 0.368. The second-order valence-corrected chi connectivity index (χ2v) is 8.28. The number of rotatable bonds is 3. The molecule has 0 aromatic heterocycles. The first-order chi connectivity index (χ1) is 11.8. The molecule has 1 aliphatic heterocycles. The molecular weight excluding hydrogens is 338 g/mol. The summed E-state index contributed by atoms with van der Waals surface area (Å²) in [6, 6.07) is 8.97. The molecule has 1 atom stereocenters. The van der Waals surface area contributed by atoms with E-state index in [2.05, 4.69) is 0 Å². The van der Waals surface area contributed by atoms with Gasteiger partial charge in [-0.05, 0) is 56.0 Å². The molecule has 0 saturated carbocycles. The normalized spacial score (nSPS) is 17.3. The smallest absolute Gasteiger partial charge is 0.264 e. The van der Waals surface area contributed by atoms with Gasteiger partial charge in [0.2, 0.25) is 0 Å². The van der Waals surface area contributed by atoms with Crippen molar-refractivity contribution >= 4 is 15.7 Å². The van der Waals surface area contributed by atoms with Crippen molar-refractivity contribution in [3.63, 3.8) is 0 Å². The van der Waals surface area contributed by atoms with Crippen molar-refractivity contribution < 1.29 is 18.3 Å². The van der Waals surface area contributed by atoms with Gasteiger partial charge in [-0.15, -0.1) is 0 Å². The number of hydrogen-bond donors (Lipinski definition) is 1. The van der Waals surface area contributed by atoms with Crippen LogP contribution < -0.4 is 9.04 Å². The Hall–Kier alpha value is -2.05. The summed E-state index contributed by atoms with van der Waals surface area (Å²) in [4.78, 5) is 0.305. The highest BCUT2D eigenvalue weighted by molar-refractivity contribution is 7.93. The van der Waals surface area contributed by atoms with Gasteiger partial charge in [-0.1, -0.05) is 18.2 Å². The number of ether oxygens (including phenoxy) is 1. The number of para-hydroxylation sites is 1. The fourth-order valence-electron chi connectivity index (χ4n) is 3.58. The molecule has 0 spiro atoms. The van der Waals surface area contributed by atoms with Gasteiger partial charge in [0, 0.05) is 12.1 Å². The van der Waals surface area contributed by atoms with E-state index in [-0.39, 0.29) is 6.54 Å². The number of benzene rings is 2. The zero-order valence-electron chi connectivity index (χ0n) is 14.9. The molecule has 2 aromatic rings. The Balaban J connectivity index is 2.20. The number of methoxy groups -OCH3 is 1. The first-order valence-corrected chi connectivity index (χ1v) is 9.67. The van der Waals surface area contributed by atoms with E-state index in [1.807, 2.05) is 19.1 Å². The predicted molar refractivity (Wildman–Crippen MR) is 97.8 cm³/mol. The molecule has 25 heavy (non-hydrogen) atoms. The first-order valence-electron chi connectivity index (χ1n) is 8.23. The molecule has 1 unspecified atom stereocenters. The van der Waals surface area contributed by atoms with Crippen molar-refractivity contribution in [2.24, 2.45) is 0 Å². The van der Waals surface area contributed by atoms with Crippen molar-refractivity contribution in [3.05, 3.63) is 52.6 Å². The van der Waals surface area contributed by atoms with Crippen LogP contribution in [-0.2, 0) is 10.0 Å². The maximum atomic E-state index is 13.5. The third-order valence-corrected chi connectivity index (χ3v) is 6.81. The van der Waals surface area contributed by atoms with Crippen molar-refractivity contribution in [2.75, 3.05) is 18.0 Å². The van der Waals surface area contributed by atoms with E-state index in [9.17, 15) is 13.5 Å². The largest absolute Gasteiger partial charge is 0.497 e. The summed E-state index contributed by atoms with van der Waals surface area (Å²) in [6.07, 6.45) is -0.261. The Morgan fingerprint density at radius 1 is 1.12 bits per heavy atom. The van der Waals surface area contributed by atoms with Crippen LogP contribution in [-0.4, -0.2) is 27.2 Å². The second kappa shape index (κ2) is 6.35. The summed E-state index contributed by atoms with van der Waals surface area (Å²) < 4.78 is 33.6. The average Bonchev–Trinajstić information content (AvgIpc) is 2.54. The monoisotopic (exact) mass is 361 g/mol. The van der Waals surface area contributed by atoms with E-state index >= 15 is 0 Å². The molecule has 0 radical (unpaired) electrons. The van der Waals surface area contributed by atoms with Crippen LogP contribution in [0.3, 0.4) is 0 Å². The molecule has 1 N–H and O–H groups in total. The quantitative estimate of drug-likeness (QED) is 0.911. The Morgan fingerprint density at radius 2 is 1.76 bits per heavy atom. The Labute approximate surface area is 148 Å². The lowest BCUT2D eigenvalue weighted by Gasteiger charge is -2.35. The maximum absolute atomic E-state index is 13.5. The Bertz CT molecular complexity index is 898. The van der Waals surface area contributed by atoms with Gasteiger partial charge in [-0.2, -0.15) is 0 Å². The van der Waals surface area contributed by atoms with Crippen LogP contribution in [0, 0.1) is 20.8 Å². The number of sulfonamides is 1. The molecule has 0 fully saturated rings. The molecule has 3 rings (SSSR count). The van der Waals surface area contributed by atoms with E-state index < -0.39 is 16.1 Å². The lowest BCUT2D eigenvalue weighted by atomic mass is 9.98. The molecule has 1 aliphatic rings. The zero-order valence-corrected chi connectivity index (χ0v) is 15.7. The van der Waals surface area contributed by atoms with E-state index in [1.165, 1.54) is 4.31 Å². The minimum atomic E-state index is -3.74. The molecule has 5 nitrogen and oxygen atoms in total. The number of hydrogen-bond acceptors (Lipinski definition) is 4. The van der Waals surface area contributed by atoms with Crippen LogP contribution in [0.4, 0.5) is 5.69 Å². The zero-order chi connectivity index (χ0) is 18.4. The van der Waals surface area contributed by atoms with E-state index in [1.54, 1.807) is 39.2 Å². The third kappa shape index (κ3) is 2.89. The van der Waals surface area contributed by atoms with Crippen LogP contribution in [0.5, 0.6) is 5.75 Å². The lowest BCUT2D eigenvalue weighted by Crippen LogP contribution is -2.38. The average molecular weight is 361 g/mol. The third-order valence-electron chi connectivity index (χ3n) is 4.70. The number of aryl methyl sites for hydroxylation is 3. The Kier molecular flexibility index (Phi) is 4.51. The van der Waals surface area contributed by atoms with Crippen LogP contribution in [0.25, 0.3) is 0 Å². The van der Waals surface area contributed by atoms with Gasteiger partial charge in [0.25, 0.3) is 10.0 Å². The molecule has 1 heterocycles. The number of nitrogens with zero attached hydrogens (tertiary/aromatic N) is 1. The van der Waals surface area contributed by atoms with Crippen molar-refractivity contribution in [1.29, 1.82) is 0 Å². The van der Waals surface area contributed by atoms with Crippen molar-refractivity contribution in [3.8, 4) is 5.75 Å². The molecule has 0 amide bonds. The van der Waals surface area contributed by atoms with Crippen LogP contribution >= 0.6 is 0 Å². The summed E-state index contributed by atoms with van der Waals surface area (Å²) in [5.41, 5.74) is 3.40. The molecular formula is C19H23NO4S. The molecule has 0 aliphatic carbocycles. The second-order valence-electron chi connectivity index (χ2n) is 6.48. The van der Waals surface area contributed by atoms with Crippen LogP contribution in [0.15, 0.2) is 35.2 Å². The summed E-state index contributed by atoms with van der Waals surface area (Å²) in [5, 5.41) is 10.3. The Morgan fingerprint density at radius 3 is 2.36 bits per heavy atom. The standard InChI is InChI=1S/C19H23NO4S/c1-12-6-5-7-16-17(21)8-9-20(18(12)16)25(22,23)19-13(2)10-15(24-4)11-14(19)3/h5-7,10-11,17,21H,8-9H2,1-4H3. The molecule has 0 saturated heterocycles. The highest BCUT2D eigenvalue weighted by Gasteiger charge is 2.35. The first kappa shape index (κ1) is 17.8. The van der Waals surface area contributed by atoms with E-state index in [4.69, 9.17) is 4.74 Å². The van der Waals surface area contributed by atoms with Gasteiger partial charge in [-0.25, -0.2) is 8.42 Å². The van der Waals surface area contributed by atoms with Crippen molar-refractivity contribution in [2.45, 2.75) is 38.2 Å². The van der Waals surface area contributed by atoms with Gasteiger partial charge in [0.05, 0.1) is 23.8 Å². The van der Waals surface area contributed by atoms with Gasteiger partial charge in [0.15, 0.2) is 0 Å². The lowest BCUT2D eigenvalue weighted by molar-refractivity contribution is 0.166. The number of anilines is 1. The summed E-state index contributed by atoms with van der Waals surface area (Å²) in [6.45, 7) is 5.68. The predicted octanol–water partition coefficient (Wildman–Crippen LogP) is 3.25. The highest BCUT2D eigenvalue weighted by Crippen LogP contribution is 2.40. The van der Waals surface area contributed by atoms with Gasteiger partial charge in [0.1, 0.15) is 5.75 Å². The SMILES string of the molecule is COc1cc(C)c(S(=O)(=O)N2CCC(O)c3cccc(C)c32)c(C)c1. The van der Waals surface area contributed by atoms with E-state index in [0.717, 1.165) is 5.56 Å². The summed E-state index contributed by atoms with van der Waals surface area (Å²) in [7, 11) is -2.18. The number of aliphatic hydroxyl groups is 1. The number of aliphatic hydroxyl groups excluding tert-OH is 1. The fourth-order valence-corrected chi connectivity index (χ4v) is 5.57. The summed E-state index contributed by atoms with van der Waals surface area (Å²) >= 11 is 0. The van der Waals surface area contributed by atoms with Crippen LogP contribution in [0.2, 0.25) is 0 Å². The molecule has 6 heteroatoms. The van der Waals surface area contributed by atoms with E-state index in [0.29, 0.717) is 39.4 Å². The number of fused-ring (bicyclic) bond motifs is 1. The highest BCUT2D eigenvalue weighted by atomic mass is 32.2. The molecule has 2 aromatic carbocycles. The van der Waals surface area contributed by atoms with Crippen molar-refractivity contribution in [1.82, 2.24) is 0 Å². The maximum Gasteiger partial charge on any atom is 0.264 e. The molecule has 0 bridgehead atoms. The van der Waals surface area contributed by atoms with Crippen LogP contribution in [0.1, 0.15) is 34.8 Å². The topological polar surface area (TPSA) is 66.8 Å². The van der Waals surface area contributed by atoms with Gasteiger partial charge < -0.3 is 9.84 Å². The minimum absolute atomic E-state index is 0.256. The minimum Gasteiger partial charge on any atom is -0.497 e.